The number of fused-ring (bicyclic) bond motifs is 1. The standard InChI is InChI=1S/C29H37N7O2/c1-21(2)30-14-15-31-27(37)19-35(26-16-23(11-10-22(26)3)29-32-12-7-13-33-29)20-28(38)34(4)36-17-24-8-5-6-9-25(24)18-36/h5-13,16,21,30H,14-15,17-20H2,1-4H3,(H,31,37). The Morgan fingerprint density at radius 3 is 2.32 bits per heavy atom. The van der Waals surface area contributed by atoms with Crippen molar-refractivity contribution in [3.8, 4) is 11.4 Å². The van der Waals surface area contributed by atoms with E-state index >= 15 is 0 Å². The summed E-state index contributed by atoms with van der Waals surface area (Å²) in [7, 11) is 1.80. The average Bonchev–Trinajstić information content (AvgIpc) is 3.35. The van der Waals surface area contributed by atoms with Crippen LogP contribution in [0, 0.1) is 6.92 Å². The number of hydrogen-bond donors (Lipinski definition) is 2. The summed E-state index contributed by atoms with van der Waals surface area (Å²) in [5.74, 6) is 0.365. The number of carbonyl (C=O) groups is 2. The molecule has 1 aliphatic heterocycles. The van der Waals surface area contributed by atoms with Crippen molar-refractivity contribution in [2.75, 3.05) is 38.1 Å². The molecule has 0 fully saturated rings. The van der Waals surface area contributed by atoms with Crippen LogP contribution < -0.4 is 15.5 Å². The Morgan fingerprint density at radius 2 is 1.66 bits per heavy atom. The molecule has 2 heterocycles. The summed E-state index contributed by atoms with van der Waals surface area (Å²) < 4.78 is 0. The fraction of sp³-hybridized carbons (Fsp3) is 0.379. The first kappa shape index (κ1) is 27.2. The zero-order valence-corrected chi connectivity index (χ0v) is 22.6. The van der Waals surface area contributed by atoms with E-state index in [2.05, 4.69) is 46.6 Å². The van der Waals surface area contributed by atoms with Gasteiger partial charge in [-0.3, -0.25) is 14.6 Å². The van der Waals surface area contributed by atoms with E-state index in [4.69, 9.17) is 0 Å². The van der Waals surface area contributed by atoms with Crippen molar-refractivity contribution in [1.29, 1.82) is 0 Å². The number of anilines is 1. The summed E-state index contributed by atoms with van der Waals surface area (Å²) in [6.07, 6.45) is 3.40. The minimum Gasteiger partial charge on any atom is -0.353 e. The van der Waals surface area contributed by atoms with E-state index in [1.807, 2.05) is 47.2 Å². The highest BCUT2D eigenvalue weighted by atomic mass is 16.2. The number of hydrazine groups is 1. The zero-order chi connectivity index (χ0) is 27.1. The molecule has 0 saturated carbocycles. The van der Waals surface area contributed by atoms with E-state index in [0.29, 0.717) is 38.0 Å². The number of hydrogen-bond acceptors (Lipinski definition) is 7. The molecule has 1 aliphatic rings. The van der Waals surface area contributed by atoms with Crippen molar-refractivity contribution in [3.63, 3.8) is 0 Å². The van der Waals surface area contributed by atoms with Gasteiger partial charge >= 0.3 is 0 Å². The monoisotopic (exact) mass is 515 g/mol. The van der Waals surface area contributed by atoms with Crippen molar-refractivity contribution >= 4 is 17.5 Å². The lowest BCUT2D eigenvalue weighted by molar-refractivity contribution is -0.145. The van der Waals surface area contributed by atoms with Crippen molar-refractivity contribution < 1.29 is 9.59 Å². The normalized spacial score (nSPS) is 12.9. The van der Waals surface area contributed by atoms with Gasteiger partial charge in [0.05, 0.1) is 13.1 Å². The van der Waals surface area contributed by atoms with Gasteiger partial charge in [-0.2, -0.15) is 0 Å². The molecule has 2 aromatic carbocycles. The summed E-state index contributed by atoms with van der Waals surface area (Å²) in [6.45, 7) is 8.79. The number of likely N-dealkylation sites (N-methyl/N-ethyl adjacent to an activating group) is 1. The maximum absolute atomic E-state index is 13.5. The second-order valence-electron chi connectivity index (χ2n) is 9.90. The van der Waals surface area contributed by atoms with Crippen molar-refractivity contribution in [3.05, 3.63) is 77.6 Å². The molecule has 0 unspecified atom stereocenters. The van der Waals surface area contributed by atoms with Crippen molar-refractivity contribution in [1.82, 2.24) is 30.6 Å². The number of aromatic nitrogens is 2. The molecule has 2 amide bonds. The number of carbonyl (C=O) groups excluding carboxylic acids is 2. The molecule has 0 bridgehead atoms. The third kappa shape index (κ3) is 6.93. The maximum Gasteiger partial charge on any atom is 0.256 e. The Morgan fingerprint density at radius 1 is 0.974 bits per heavy atom. The lowest BCUT2D eigenvalue weighted by Gasteiger charge is -2.32. The minimum atomic E-state index is -0.139. The predicted octanol–water partition coefficient (Wildman–Crippen LogP) is 2.76. The van der Waals surface area contributed by atoms with Crippen LogP contribution in [0.15, 0.2) is 60.9 Å². The number of rotatable bonds is 11. The Kier molecular flexibility index (Phi) is 9.04. The Balaban J connectivity index is 1.52. The largest absolute Gasteiger partial charge is 0.353 e. The van der Waals surface area contributed by atoms with E-state index in [1.54, 1.807) is 30.5 Å². The Bertz CT molecular complexity index is 1220. The molecule has 38 heavy (non-hydrogen) atoms. The molecule has 9 nitrogen and oxygen atoms in total. The molecular formula is C29H37N7O2. The van der Waals surface area contributed by atoms with Crippen LogP contribution >= 0.6 is 0 Å². The van der Waals surface area contributed by atoms with Gasteiger partial charge in [-0.15, -0.1) is 0 Å². The maximum atomic E-state index is 13.5. The molecule has 0 atom stereocenters. The fourth-order valence-electron chi connectivity index (χ4n) is 4.51. The second-order valence-corrected chi connectivity index (χ2v) is 9.90. The summed E-state index contributed by atoms with van der Waals surface area (Å²) in [6, 6.07) is 16.2. The smallest absolute Gasteiger partial charge is 0.256 e. The summed E-state index contributed by atoms with van der Waals surface area (Å²) in [5.41, 5.74) is 5.04. The molecule has 0 radical (unpaired) electrons. The molecule has 9 heteroatoms. The quantitative estimate of drug-likeness (QED) is 0.379. The van der Waals surface area contributed by atoms with Crippen LogP contribution in [-0.4, -0.2) is 71.1 Å². The zero-order valence-electron chi connectivity index (χ0n) is 22.6. The molecule has 0 spiro atoms. The van der Waals surface area contributed by atoms with E-state index in [0.717, 1.165) is 16.8 Å². The van der Waals surface area contributed by atoms with Crippen LogP contribution in [0.2, 0.25) is 0 Å². The molecule has 4 rings (SSSR count). The van der Waals surface area contributed by atoms with E-state index in [-0.39, 0.29) is 24.9 Å². The number of aryl methyl sites for hydroxylation is 1. The minimum absolute atomic E-state index is 0.0565. The first-order valence-electron chi connectivity index (χ1n) is 13.0. The van der Waals surface area contributed by atoms with Gasteiger partial charge in [-0.25, -0.2) is 15.0 Å². The molecule has 2 N–H and O–H groups in total. The van der Waals surface area contributed by atoms with Gasteiger partial charge in [0.2, 0.25) is 5.91 Å². The summed E-state index contributed by atoms with van der Waals surface area (Å²) in [4.78, 5) is 37.1. The van der Waals surface area contributed by atoms with E-state index in [9.17, 15) is 9.59 Å². The highest BCUT2D eigenvalue weighted by molar-refractivity contribution is 5.87. The van der Waals surface area contributed by atoms with Crippen molar-refractivity contribution in [2.45, 2.75) is 39.9 Å². The van der Waals surface area contributed by atoms with Gasteiger partial charge in [0.1, 0.15) is 0 Å². The molecule has 0 aliphatic carbocycles. The van der Waals surface area contributed by atoms with Gasteiger partial charge in [0, 0.05) is 62.9 Å². The average molecular weight is 516 g/mol. The van der Waals surface area contributed by atoms with E-state index < -0.39 is 0 Å². The first-order valence-corrected chi connectivity index (χ1v) is 13.0. The summed E-state index contributed by atoms with van der Waals surface area (Å²) >= 11 is 0. The number of amides is 2. The molecule has 1 aromatic heterocycles. The molecule has 200 valence electrons. The van der Waals surface area contributed by atoms with E-state index in [1.165, 1.54) is 11.1 Å². The van der Waals surface area contributed by atoms with Crippen LogP contribution in [0.4, 0.5) is 5.69 Å². The number of nitrogens with zero attached hydrogens (tertiary/aromatic N) is 5. The first-order chi connectivity index (χ1) is 18.3. The van der Waals surface area contributed by atoms with Gasteiger partial charge in [0.25, 0.3) is 5.91 Å². The highest BCUT2D eigenvalue weighted by Crippen LogP contribution is 2.27. The van der Waals surface area contributed by atoms with Crippen LogP contribution in [0.25, 0.3) is 11.4 Å². The van der Waals surface area contributed by atoms with Gasteiger partial charge in [-0.1, -0.05) is 50.2 Å². The Hall–Kier alpha value is -3.82. The Labute approximate surface area is 224 Å². The van der Waals surface area contributed by atoms with Crippen LogP contribution in [0.3, 0.4) is 0 Å². The van der Waals surface area contributed by atoms with Crippen LogP contribution in [0.5, 0.6) is 0 Å². The van der Waals surface area contributed by atoms with Gasteiger partial charge in [0.15, 0.2) is 5.82 Å². The predicted molar refractivity (Wildman–Crippen MR) is 149 cm³/mol. The molecule has 0 saturated heterocycles. The fourth-order valence-corrected chi connectivity index (χ4v) is 4.51. The summed E-state index contributed by atoms with van der Waals surface area (Å²) in [5, 5.41) is 9.98. The SMILES string of the molecule is Cc1ccc(-c2ncccn2)cc1N(CC(=O)NCCNC(C)C)CC(=O)N(C)N1Cc2ccccc2C1. The number of nitrogens with one attached hydrogen (secondary N) is 2. The van der Waals surface area contributed by atoms with Crippen LogP contribution in [-0.2, 0) is 22.7 Å². The third-order valence-electron chi connectivity index (χ3n) is 6.64. The van der Waals surface area contributed by atoms with Gasteiger partial charge < -0.3 is 15.5 Å². The number of benzene rings is 2. The third-order valence-corrected chi connectivity index (χ3v) is 6.64. The highest BCUT2D eigenvalue weighted by Gasteiger charge is 2.27. The van der Waals surface area contributed by atoms with Crippen LogP contribution in [0.1, 0.15) is 30.5 Å². The molecule has 3 aromatic rings. The lowest BCUT2D eigenvalue weighted by atomic mass is 10.1. The second kappa shape index (κ2) is 12.6. The lowest BCUT2D eigenvalue weighted by Crippen LogP contribution is -2.48. The topological polar surface area (TPSA) is 93.7 Å². The van der Waals surface area contributed by atoms with Gasteiger partial charge in [-0.05, 0) is 35.7 Å². The van der Waals surface area contributed by atoms with Crippen molar-refractivity contribution in [2.24, 2.45) is 0 Å². The molecular weight excluding hydrogens is 478 g/mol.